The Kier molecular flexibility index (Phi) is 7.41. The van der Waals surface area contributed by atoms with E-state index < -0.39 is 0 Å². The van der Waals surface area contributed by atoms with Gasteiger partial charge >= 0.3 is 0 Å². The highest BCUT2D eigenvalue weighted by Gasteiger charge is 2.27. The number of aromatic nitrogens is 4. The largest absolute Gasteiger partial charge is 0.495 e. The van der Waals surface area contributed by atoms with E-state index in [9.17, 15) is 4.79 Å². The van der Waals surface area contributed by atoms with Gasteiger partial charge in [-0.2, -0.15) is 5.10 Å². The van der Waals surface area contributed by atoms with Crippen LogP contribution in [0.3, 0.4) is 0 Å². The summed E-state index contributed by atoms with van der Waals surface area (Å²) < 4.78 is 7.47. The van der Waals surface area contributed by atoms with Crippen LogP contribution in [-0.4, -0.2) is 71.2 Å². The smallest absolute Gasteiger partial charge is 0.253 e. The van der Waals surface area contributed by atoms with Gasteiger partial charge in [0.2, 0.25) is 5.95 Å². The van der Waals surface area contributed by atoms with Crippen LogP contribution in [0.25, 0.3) is 22.5 Å². The first-order valence-electron chi connectivity index (χ1n) is 13.0. The van der Waals surface area contributed by atoms with Crippen LogP contribution in [0, 0.1) is 5.41 Å². The second-order valence-corrected chi connectivity index (χ2v) is 9.82. The number of amides is 1. The van der Waals surface area contributed by atoms with E-state index in [2.05, 4.69) is 27.4 Å². The molecular weight excluding hydrogens is 504 g/mol. The molecule has 2 N–H and O–H groups in total. The van der Waals surface area contributed by atoms with E-state index in [0.29, 0.717) is 22.9 Å². The highest BCUT2D eigenvalue weighted by atomic mass is 16.5. The molecule has 204 valence electrons. The predicted molar refractivity (Wildman–Crippen MR) is 157 cm³/mol. The number of fused-ring (bicyclic) bond motifs is 3. The second kappa shape index (κ2) is 11.1. The summed E-state index contributed by atoms with van der Waals surface area (Å²) in [5.41, 5.74) is 8.09. The van der Waals surface area contributed by atoms with Crippen LogP contribution in [0.1, 0.15) is 33.1 Å². The Morgan fingerprint density at radius 3 is 2.65 bits per heavy atom. The number of benzene rings is 2. The lowest BCUT2D eigenvalue weighted by Gasteiger charge is -2.18. The number of nitrogens with one attached hydrogen (secondary N) is 2. The van der Waals surface area contributed by atoms with E-state index in [1.807, 2.05) is 30.1 Å². The molecule has 1 amide bonds. The average molecular weight is 537 g/mol. The number of hydrogen-bond acceptors (Lipinski definition) is 8. The molecule has 2 heterocycles. The molecule has 0 aliphatic heterocycles. The molecule has 1 unspecified atom stereocenters. The molecule has 1 aliphatic carbocycles. The Morgan fingerprint density at radius 2 is 1.98 bits per heavy atom. The molecule has 2 aromatic heterocycles. The van der Waals surface area contributed by atoms with Crippen molar-refractivity contribution >= 4 is 30.0 Å². The zero-order chi connectivity index (χ0) is 28.4. The van der Waals surface area contributed by atoms with Crippen molar-refractivity contribution in [1.29, 1.82) is 5.41 Å². The quantitative estimate of drug-likeness (QED) is 0.319. The number of anilines is 2. The van der Waals surface area contributed by atoms with Crippen molar-refractivity contribution in [3.8, 4) is 28.3 Å². The molecule has 0 bridgehead atoms. The molecule has 0 radical (unpaired) electrons. The molecule has 1 aliphatic rings. The maximum Gasteiger partial charge on any atom is 0.253 e. The van der Waals surface area contributed by atoms with Gasteiger partial charge in [0, 0.05) is 63.5 Å². The Hall–Kier alpha value is -4.86. The van der Waals surface area contributed by atoms with Gasteiger partial charge in [-0.05, 0) is 42.2 Å². The first kappa shape index (κ1) is 26.7. The topological polar surface area (TPSA) is 121 Å². The number of methoxy groups -OCH3 is 1. The third-order valence-electron chi connectivity index (χ3n) is 7.01. The molecule has 0 spiro atoms. The Bertz CT molecular complexity index is 1600. The fourth-order valence-corrected chi connectivity index (χ4v) is 5.01. The van der Waals surface area contributed by atoms with Gasteiger partial charge in [-0.25, -0.2) is 9.97 Å². The highest BCUT2D eigenvalue weighted by molar-refractivity contribution is 5.95. The standard InChI is InChI=1S/C30H32N8O2/c1-32-16-22(15-31)18-6-8-19(9-7-18)28-26-24(36-38(28)4)13-11-21-17-33-30(35-27(21)26)34-23-12-10-20(14-25(23)40-5)29(39)37(2)3/h6-10,12,14-17,22,31H,11,13H2,1-5H3,(H,33,34,35). The monoisotopic (exact) mass is 536 g/mol. The van der Waals surface area contributed by atoms with Crippen LogP contribution >= 0.6 is 0 Å². The molecule has 10 heteroatoms. The lowest BCUT2D eigenvalue weighted by atomic mass is 9.91. The van der Waals surface area contributed by atoms with E-state index in [1.165, 1.54) is 11.1 Å². The Labute approximate surface area is 233 Å². The van der Waals surface area contributed by atoms with E-state index in [1.54, 1.807) is 52.7 Å². The van der Waals surface area contributed by atoms with Crippen LogP contribution < -0.4 is 10.1 Å². The lowest BCUT2D eigenvalue weighted by molar-refractivity contribution is 0.0827. The van der Waals surface area contributed by atoms with Crippen LogP contribution in [0.5, 0.6) is 5.75 Å². The first-order chi connectivity index (χ1) is 19.3. The van der Waals surface area contributed by atoms with Crippen LogP contribution in [0.4, 0.5) is 11.6 Å². The maximum absolute atomic E-state index is 12.4. The van der Waals surface area contributed by atoms with Gasteiger partial charge in [0.1, 0.15) is 5.75 Å². The van der Waals surface area contributed by atoms with Crippen molar-refractivity contribution in [2.75, 3.05) is 33.6 Å². The fraction of sp³-hybridized carbons (Fsp3) is 0.267. The van der Waals surface area contributed by atoms with Crippen LogP contribution in [0.2, 0.25) is 0 Å². The molecular formula is C30H32N8O2. The Morgan fingerprint density at radius 1 is 1.20 bits per heavy atom. The predicted octanol–water partition coefficient (Wildman–Crippen LogP) is 4.53. The van der Waals surface area contributed by atoms with Crippen LogP contribution in [0.15, 0.2) is 53.7 Å². The van der Waals surface area contributed by atoms with E-state index in [-0.39, 0.29) is 11.8 Å². The number of carbonyl (C=O) groups is 1. The zero-order valence-corrected chi connectivity index (χ0v) is 23.3. The molecule has 5 rings (SSSR count). The Balaban J connectivity index is 1.51. The second-order valence-electron chi connectivity index (χ2n) is 9.82. The van der Waals surface area contributed by atoms with Crippen LogP contribution in [-0.2, 0) is 19.9 Å². The summed E-state index contributed by atoms with van der Waals surface area (Å²) in [6, 6.07) is 13.4. The van der Waals surface area contributed by atoms with E-state index in [0.717, 1.165) is 52.2 Å². The summed E-state index contributed by atoms with van der Waals surface area (Å²) in [6.07, 6.45) is 6.63. The zero-order valence-electron chi connectivity index (χ0n) is 23.3. The number of rotatable bonds is 8. The van der Waals surface area contributed by atoms with Gasteiger partial charge in [-0.3, -0.25) is 14.5 Å². The molecule has 4 aromatic rings. The van der Waals surface area contributed by atoms with Gasteiger partial charge in [0.15, 0.2) is 0 Å². The number of ether oxygens (including phenoxy) is 1. The summed E-state index contributed by atoms with van der Waals surface area (Å²) in [5.74, 6) is 0.683. The van der Waals surface area contributed by atoms with Crippen molar-refractivity contribution < 1.29 is 9.53 Å². The normalized spacial score (nSPS) is 12.9. The minimum absolute atomic E-state index is 0.105. The van der Waals surface area contributed by atoms with Gasteiger partial charge < -0.3 is 20.4 Å². The summed E-state index contributed by atoms with van der Waals surface area (Å²) in [5, 5.41) is 15.8. The first-order valence-corrected chi connectivity index (χ1v) is 13.0. The third-order valence-corrected chi connectivity index (χ3v) is 7.01. The van der Waals surface area contributed by atoms with E-state index >= 15 is 0 Å². The molecule has 2 aromatic carbocycles. The molecule has 1 atom stereocenters. The van der Waals surface area contributed by atoms with Gasteiger partial charge in [0.05, 0.1) is 35.8 Å². The fourth-order valence-electron chi connectivity index (χ4n) is 5.01. The van der Waals surface area contributed by atoms with Crippen molar-refractivity contribution in [1.82, 2.24) is 24.6 Å². The molecule has 0 saturated heterocycles. The van der Waals surface area contributed by atoms with Crippen molar-refractivity contribution in [2.24, 2.45) is 12.0 Å². The highest BCUT2D eigenvalue weighted by Crippen LogP contribution is 2.40. The number of nitrogens with zero attached hydrogens (tertiary/aromatic N) is 6. The minimum atomic E-state index is -0.159. The molecule has 0 fully saturated rings. The van der Waals surface area contributed by atoms with Crippen molar-refractivity contribution in [2.45, 2.75) is 18.8 Å². The molecule has 0 saturated carbocycles. The third kappa shape index (κ3) is 4.95. The lowest BCUT2D eigenvalue weighted by Crippen LogP contribution is -2.21. The average Bonchev–Trinajstić information content (AvgIpc) is 3.32. The number of aliphatic imine (C=N–C) groups is 1. The maximum atomic E-state index is 12.4. The SMILES string of the molecule is CN=CC(C=N)c1ccc(-c2c3c(nn2C)CCc2cnc(Nc4ccc(C(=O)N(C)C)cc4OC)nc2-3)cc1. The summed E-state index contributed by atoms with van der Waals surface area (Å²) >= 11 is 0. The minimum Gasteiger partial charge on any atom is -0.495 e. The molecule has 40 heavy (non-hydrogen) atoms. The number of aryl methyl sites for hydroxylation is 3. The molecule has 10 nitrogen and oxygen atoms in total. The van der Waals surface area contributed by atoms with Gasteiger partial charge in [-0.15, -0.1) is 0 Å². The summed E-state index contributed by atoms with van der Waals surface area (Å²) in [7, 11) is 8.66. The van der Waals surface area contributed by atoms with E-state index in [4.69, 9.17) is 20.2 Å². The van der Waals surface area contributed by atoms with Gasteiger partial charge in [-0.1, -0.05) is 24.3 Å². The van der Waals surface area contributed by atoms with Gasteiger partial charge in [0.25, 0.3) is 5.91 Å². The van der Waals surface area contributed by atoms with Crippen molar-refractivity contribution in [3.05, 3.63) is 71.0 Å². The number of hydrogen-bond donors (Lipinski definition) is 2. The summed E-state index contributed by atoms with van der Waals surface area (Å²) in [6.45, 7) is 0. The summed E-state index contributed by atoms with van der Waals surface area (Å²) in [4.78, 5) is 27.5. The van der Waals surface area contributed by atoms with Crippen molar-refractivity contribution in [3.63, 3.8) is 0 Å². The number of carbonyl (C=O) groups excluding carboxylic acids is 1.